The van der Waals surface area contributed by atoms with Crippen LogP contribution in [0, 0.1) is 6.92 Å². The van der Waals surface area contributed by atoms with E-state index >= 15 is 0 Å². The van der Waals surface area contributed by atoms with Crippen LogP contribution >= 0.6 is 11.6 Å². The van der Waals surface area contributed by atoms with Crippen LogP contribution in [0.2, 0.25) is 5.02 Å². The maximum absolute atomic E-state index is 6.18. The van der Waals surface area contributed by atoms with Gasteiger partial charge in [0.25, 0.3) is 0 Å². The van der Waals surface area contributed by atoms with Crippen molar-refractivity contribution in [3.8, 4) is 5.75 Å². The molecule has 3 nitrogen and oxygen atoms in total. The van der Waals surface area contributed by atoms with E-state index in [4.69, 9.17) is 22.2 Å². The topological polar surface area (TPSA) is 47.3 Å². The van der Waals surface area contributed by atoms with Gasteiger partial charge in [-0.05, 0) is 48.7 Å². The highest BCUT2D eigenvalue weighted by atomic mass is 35.5. The summed E-state index contributed by atoms with van der Waals surface area (Å²) in [5.41, 5.74) is 6.03. The Morgan fingerprint density at radius 1 is 1.20 bits per heavy atom. The summed E-state index contributed by atoms with van der Waals surface area (Å²) in [7, 11) is 0. The lowest BCUT2D eigenvalue weighted by Crippen LogP contribution is -2.29. The number of nitrogens with one attached hydrogen (secondary N) is 1. The number of rotatable bonds is 5. The predicted molar refractivity (Wildman–Crippen MR) is 83.0 cm³/mol. The fourth-order valence-corrected chi connectivity index (χ4v) is 2.41. The van der Waals surface area contributed by atoms with E-state index in [1.165, 1.54) is 0 Å². The lowest BCUT2D eigenvalue weighted by molar-refractivity contribution is 0.340. The minimum atomic E-state index is -0.0932. The van der Waals surface area contributed by atoms with Crippen LogP contribution in [0.5, 0.6) is 5.75 Å². The Hall–Kier alpha value is -1.55. The van der Waals surface area contributed by atoms with E-state index in [1.807, 2.05) is 56.3 Å². The third-order valence-electron chi connectivity index (χ3n) is 3.31. The molecule has 2 aromatic carbocycles. The summed E-state index contributed by atoms with van der Waals surface area (Å²) < 4.78 is 5.45. The van der Waals surface area contributed by atoms with Crippen molar-refractivity contribution in [3.05, 3.63) is 64.2 Å². The van der Waals surface area contributed by atoms with Crippen molar-refractivity contribution in [1.29, 1.82) is 0 Å². The molecular weight excluding hydrogens is 272 g/mol. The Balaban J connectivity index is 2.34. The number of nitrogens with two attached hydrogens (primary N) is 1. The second-order valence-electron chi connectivity index (χ2n) is 4.56. The summed E-state index contributed by atoms with van der Waals surface area (Å²) in [5, 5.41) is 0.744. The smallest absolute Gasteiger partial charge is 0.119 e. The fraction of sp³-hybridized carbons (Fsp3) is 0.250. The Morgan fingerprint density at radius 2 is 1.90 bits per heavy atom. The Morgan fingerprint density at radius 3 is 2.50 bits per heavy atom. The van der Waals surface area contributed by atoms with Crippen LogP contribution in [0.1, 0.15) is 29.7 Å². The van der Waals surface area contributed by atoms with Crippen molar-refractivity contribution < 1.29 is 4.74 Å². The molecule has 0 fully saturated rings. The molecule has 0 aliphatic heterocycles. The number of benzene rings is 2. The van der Waals surface area contributed by atoms with Crippen LogP contribution in [0.3, 0.4) is 0 Å². The molecule has 20 heavy (non-hydrogen) atoms. The standard InChI is InChI=1S/C16H19ClN2O/c1-3-20-13-9-7-12(8-10-13)16(19-18)14-5-4-6-15(17)11(14)2/h4-10,16,19H,3,18H2,1-2H3. The molecule has 0 saturated heterocycles. The molecule has 0 radical (unpaired) electrons. The third kappa shape index (κ3) is 3.12. The molecule has 0 heterocycles. The van der Waals surface area contributed by atoms with Gasteiger partial charge in [-0.3, -0.25) is 5.84 Å². The first-order chi connectivity index (χ1) is 9.67. The highest BCUT2D eigenvalue weighted by molar-refractivity contribution is 6.31. The molecule has 4 heteroatoms. The fourth-order valence-electron chi connectivity index (χ4n) is 2.23. The van der Waals surface area contributed by atoms with Gasteiger partial charge in [0.15, 0.2) is 0 Å². The van der Waals surface area contributed by atoms with Gasteiger partial charge in [0.1, 0.15) is 5.75 Å². The molecule has 1 unspecified atom stereocenters. The number of hydrazine groups is 1. The van der Waals surface area contributed by atoms with Crippen molar-refractivity contribution in [2.24, 2.45) is 5.84 Å². The monoisotopic (exact) mass is 290 g/mol. The minimum Gasteiger partial charge on any atom is -0.494 e. The number of hydrogen-bond acceptors (Lipinski definition) is 3. The second-order valence-corrected chi connectivity index (χ2v) is 4.96. The SMILES string of the molecule is CCOc1ccc(C(NN)c2cccc(Cl)c2C)cc1. The summed E-state index contributed by atoms with van der Waals surface area (Å²) in [6, 6.07) is 13.7. The molecule has 3 N–H and O–H groups in total. The van der Waals surface area contributed by atoms with E-state index in [0.29, 0.717) is 6.61 Å². The van der Waals surface area contributed by atoms with Gasteiger partial charge >= 0.3 is 0 Å². The Bertz CT molecular complexity index is 569. The van der Waals surface area contributed by atoms with Crippen molar-refractivity contribution >= 4 is 11.6 Å². The number of halogens is 1. The highest BCUT2D eigenvalue weighted by Crippen LogP contribution is 2.29. The maximum Gasteiger partial charge on any atom is 0.119 e. The van der Waals surface area contributed by atoms with Crippen LogP contribution in [-0.2, 0) is 0 Å². The lowest BCUT2D eigenvalue weighted by Gasteiger charge is -2.20. The molecule has 0 amide bonds. The van der Waals surface area contributed by atoms with Gasteiger partial charge in [-0.2, -0.15) is 0 Å². The van der Waals surface area contributed by atoms with Crippen molar-refractivity contribution in [1.82, 2.24) is 5.43 Å². The summed E-state index contributed by atoms with van der Waals surface area (Å²) in [4.78, 5) is 0. The molecule has 0 aromatic heterocycles. The third-order valence-corrected chi connectivity index (χ3v) is 3.72. The molecule has 2 rings (SSSR count). The summed E-state index contributed by atoms with van der Waals surface area (Å²) >= 11 is 6.18. The quantitative estimate of drug-likeness (QED) is 0.653. The molecule has 0 saturated carbocycles. The summed E-state index contributed by atoms with van der Waals surface area (Å²) in [5.74, 6) is 6.58. The normalized spacial score (nSPS) is 12.2. The largest absolute Gasteiger partial charge is 0.494 e. The first-order valence-corrected chi connectivity index (χ1v) is 6.99. The number of hydrogen-bond donors (Lipinski definition) is 2. The molecule has 0 bridgehead atoms. The Kier molecular flexibility index (Phi) is 5.01. The molecule has 0 spiro atoms. The minimum absolute atomic E-state index is 0.0932. The van der Waals surface area contributed by atoms with Gasteiger partial charge < -0.3 is 4.74 Å². The Labute approximate surface area is 124 Å². The highest BCUT2D eigenvalue weighted by Gasteiger charge is 2.15. The average molecular weight is 291 g/mol. The van der Waals surface area contributed by atoms with Crippen molar-refractivity contribution in [3.63, 3.8) is 0 Å². The van der Waals surface area contributed by atoms with Gasteiger partial charge in [-0.1, -0.05) is 35.9 Å². The van der Waals surface area contributed by atoms with Gasteiger partial charge in [0, 0.05) is 5.02 Å². The molecule has 0 aliphatic rings. The van der Waals surface area contributed by atoms with E-state index in [9.17, 15) is 0 Å². The molecule has 106 valence electrons. The van der Waals surface area contributed by atoms with E-state index in [-0.39, 0.29) is 6.04 Å². The van der Waals surface area contributed by atoms with E-state index < -0.39 is 0 Å². The van der Waals surface area contributed by atoms with Gasteiger partial charge in [0.2, 0.25) is 0 Å². The van der Waals surface area contributed by atoms with E-state index in [2.05, 4.69) is 5.43 Å². The molecular formula is C16H19ClN2O. The average Bonchev–Trinajstić information content (AvgIpc) is 2.46. The van der Waals surface area contributed by atoms with Gasteiger partial charge in [-0.15, -0.1) is 0 Å². The zero-order valence-electron chi connectivity index (χ0n) is 11.7. The molecule has 1 atom stereocenters. The number of ether oxygens (including phenoxy) is 1. The van der Waals surface area contributed by atoms with E-state index in [0.717, 1.165) is 27.5 Å². The van der Waals surface area contributed by atoms with Gasteiger partial charge in [0.05, 0.1) is 12.6 Å². The summed E-state index contributed by atoms with van der Waals surface area (Å²) in [6.07, 6.45) is 0. The maximum atomic E-state index is 6.18. The predicted octanol–water partition coefficient (Wildman–Crippen LogP) is 3.60. The van der Waals surface area contributed by atoms with Crippen LogP contribution < -0.4 is 16.0 Å². The zero-order chi connectivity index (χ0) is 14.5. The first-order valence-electron chi connectivity index (χ1n) is 6.61. The van der Waals surface area contributed by atoms with Crippen LogP contribution in [-0.4, -0.2) is 6.61 Å². The van der Waals surface area contributed by atoms with E-state index in [1.54, 1.807) is 0 Å². The summed E-state index contributed by atoms with van der Waals surface area (Å²) in [6.45, 7) is 4.62. The molecule has 2 aromatic rings. The lowest BCUT2D eigenvalue weighted by atomic mass is 9.95. The first kappa shape index (κ1) is 14.9. The van der Waals surface area contributed by atoms with Crippen molar-refractivity contribution in [2.75, 3.05) is 6.61 Å². The van der Waals surface area contributed by atoms with Crippen LogP contribution in [0.25, 0.3) is 0 Å². The van der Waals surface area contributed by atoms with Crippen molar-refractivity contribution in [2.45, 2.75) is 19.9 Å². The van der Waals surface area contributed by atoms with Crippen LogP contribution in [0.4, 0.5) is 0 Å². The zero-order valence-corrected chi connectivity index (χ0v) is 12.4. The van der Waals surface area contributed by atoms with Gasteiger partial charge in [-0.25, -0.2) is 5.43 Å². The molecule has 0 aliphatic carbocycles. The van der Waals surface area contributed by atoms with Crippen LogP contribution in [0.15, 0.2) is 42.5 Å². The second kappa shape index (κ2) is 6.75.